The van der Waals surface area contributed by atoms with Crippen molar-refractivity contribution in [2.45, 2.75) is 26.4 Å². The predicted molar refractivity (Wildman–Crippen MR) is 88.0 cm³/mol. The molecular formula is C17H25NO6. The number of esters is 1. The van der Waals surface area contributed by atoms with E-state index in [1.54, 1.807) is 45.2 Å². The van der Waals surface area contributed by atoms with Crippen molar-refractivity contribution in [2.75, 3.05) is 33.4 Å². The molecule has 24 heavy (non-hydrogen) atoms. The Bertz CT molecular complexity index is 532. The van der Waals surface area contributed by atoms with Gasteiger partial charge in [0.15, 0.2) is 6.61 Å². The summed E-state index contributed by atoms with van der Waals surface area (Å²) >= 11 is 0. The lowest BCUT2D eigenvalue weighted by atomic mass is 10.3. The lowest BCUT2D eigenvalue weighted by Gasteiger charge is -2.23. The molecule has 1 unspecified atom stereocenters. The minimum Gasteiger partial charge on any atom is -0.497 e. The monoisotopic (exact) mass is 339 g/mol. The van der Waals surface area contributed by atoms with E-state index in [-0.39, 0.29) is 38.0 Å². The Morgan fingerprint density at radius 1 is 1.29 bits per heavy atom. The number of aliphatic hydroxyl groups is 1. The summed E-state index contributed by atoms with van der Waals surface area (Å²) in [4.78, 5) is 25.1. The van der Waals surface area contributed by atoms with E-state index in [9.17, 15) is 14.7 Å². The number of benzene rings is 1. The minimum absolute atomic E-state index is 0.0749. The number of nitrogens with zero attached hydrogens (tertiary/aromatic N) is 1. The van der Waals surface area contributed by atoms with Crippen LogP contribution in [0.1, 0.15) is 20.3 Å². The second-order valence-corrected chi connectivity index (χ2v) is 5.21. The Morgan fingerprint density at radius 2 is 2.00 bits per heavy atom. The molecule has 0 aliphatic heterocycles. The summed E-state index contributed by atoms with van der Waals surface area (Å²) < 4.78 is 15.4. The van der Waals surface area contributed by atoms with E-state index in [0.717, 1.165) is 0 Å². The second-order valence-electron chi connectivity index (χ2n) is 5.21. The predicted octanol–water partition coefficient (Wildman–Crippen LogP) is 1.24. The fourth-order valence-corrected chi connectivity index (χ4v) is 2.02. The first-order chi connectivity index (χ1) is 11.5. The Hall–Kier alpha value is -2.28. The minimum atomic E-state index is -0.701. The van der Waals surface area contributed by atoms with E-state index in [1.807, 2.05) is 0 Å². The Balaban J connectivity index is 2.58. The van der Waals surface area contributed by atoms with E-state index < -0.39 is 6.10 Å². The van der Waals surface area contributed by atoms with Crippen LogP contribution in [0.3, 0.4) is 0 Å². The Labute approximate surface area is 142 Å². The quantitative estimate of drug-likeness (QED) is 0.646. The summed E-state index contributed by atoms with van der Waals surface area (Å²) in [6.45, 7) is 3.70. The van der Waals surface area contributed by atoms with Crippen LogP contribution >= 0.6 is 0 Å². The molecule has 7 nitrogen and oxygen atoms in total. The highest BCUT2D eigenvalue weighted by molar-refractivity contribution is 5.78. The van der Waals surface area contributed by atoms with E-state index >= 15 is 0 Å². The van der Waals surface area contributed by atoms with Crippen molar-refractivity contribution < 1.29 is 28.9 Å². The van der Waals surface area contributed by atoms with E-state index in [4.69, 9.17) is 14.2 Å². The summed E-state index contributed by atoms with van der Waals surface area (Å²) in [6.07, 6.45) is -0.626. The molecular weight excluding hydrogens is 314 g/mol. The van der Waals surface area contributed by atoms with E-state index in [1.165, 1.54) is 4.90 Å². The third-order valence-electron chi connectivity index (χ3n) is 3.13. The van der Waals surface area contributed by atoms with Gasteiger partial charge in [-0.15, -0.1) is 0 Å². The fraction of sp³-hybridized carbons (Fsp3) is 0.529. The molecule has 134 valence electrons. The molecule has 1 amide bonds. The van der Waals surface area contributed by atoms with Gasteiger partial charge in [-0.25, -0.2) is 0 Å². The smallest absolute Gasteiger partial charge is 0.307 e. The second kappa shape index (κ2) is 10.5. The molecule has 0 bridgehead atoms. The zero-order chi connectivity index (χ0) is 17.9. The molecule has 0 spiro atoms. The first-order valence-corrected chi connectivity index (χ1v) is 7.84. The average Bonchev–Trinajstić information content (AvgIpc) is 2.56. The van der Waals surface area contributed by atoms with Gasteiger partial charge in [0.05, 0.1) is 26.2 Å². The fourth-order valence-electron chi connectivity index (χ4n) is 2.02. The molecule has 1 N–H and O–H groups in total. The molecule has 0 aromatic heterocycles. The number of carbonyl (C=O) groups excluding carboxylic acids is 2. The summed E-state index contributed by atoms with van der Waals surface area (Å²) in [5.74, 6) is 0.436. The maximum absolute atomic E-state index is 12.3. The summed E-state index contributed by atoms with van der Waals surface area (Å²) in [7, 11) is 1.55. The topological polar surface area (TPSA) is 85.3 Å². The number of aliphatic hydroxyl groups excluding tert-OH is 1. The van der Waals surface area contributed by atoms with Crippen LogP contribution in [0, 0.1) is 0 Å². The van der Waals surface area contributed by atoms with Crippen molar-refractivity contribution >= 4 is 11.9 Å². The number of carbonyl (C=O) groups is 2. The highest BCUT2D eigenvalue weighted by atomic mass is 16.5. The van der Waals surface area contributed by atoms with Crippen molar-refractivity contribution in [1.29, 1.82) is 0 Å². The zero-order valence-electron chi connectivity index (χ0n) is 14.4. The highest BCUT2D eigenvalue weighted by Gasteiger charge is 2.18. The van der Waals surface area contributed by atoms with Gasteiger partial charge in [0.2, 0.25) is 0 Å². The lowest BCUT2D eigenvalue weighted by molar-refractivity contribution is -0.144. The molecule has 1 atom stereocenters. The molecule has 1 rings (SSSR count). The molecule has 0 aliphatic carbocycles. The largest absolute Gasteiger partial charge is 0.497 e. The summed E-state index contributed by atoms with van der Waals surface area (Å²) in [5, 5.41) is 9.53. The van der Waals surface area contributed by atoms with Crippen molar-refractivity contribution in [3.05, 3.63) is 24.3 Å². The number of rotatable bonds is 10. The van der Waals surface area contributed by atoms with Gasteiger partial charge in [-0.3, -0.25) is 9.59 Å². The third kappa shape index (κ3) is 7.32. The SMILES string of the molecule is CCOC(=O)CCN(CC(C)O)C(=O)COc1cccc(OC)c1. The van der Waals surface area contributed by atoms with Crippen LogP contribution in [0.15, 0.2) is 24.3 Å². The number of ether oxygens (including phenoxy) is 3. The van der Waals surface area contributed by atoms with Crippen LogP contribution in [-0.2, 0) is 14.3 Å². The Morgan fingerprint density at radius 3 is 2.62 bits per heavy atom. The Kier molecular flexibility index (Phi) is 8.64. The van der Waals surface area contributed by atoms with Crippen molar-refractivity contribution in [2.24, 2.45) is 0 Å². The molecule has 0 aliphatic rings. The first kappa shape index (κ1) is 19.8. The van der Waals surface area contributed by atoms with Crippen molar-refractivity contribution in [3.63, 3.8) is 0 Å². The van der Waals surface area contributed by atoms with E-state index in [2.05, 4.69) is 0 Å². The average molecular weight is 339 g/mol. The van der Waals surface area contributed by atoms with Crippen LogP contribution in [0.25, 0.3) is 0 Å². The lowest BCUT2D eigenvalue weighted by Crippen LogP contribution is -2.40. The van der Waals surface area contributed by atoms with Gasteiger partial charge in [0, 0.05) is 19.2 Å². The molecule has 0 radical (unpaired) electrons. The molecule has 1 aromatic carbocycles. The molecule has 0 saturated heterocycles. The van der Waals surface area contributed by atoms with Gasteiger partial charge in [0.25, 0.3) is 5.91 Å². The van der Waals surface area contributed by atoms with Crippen LogP contribution in [0.4, 0.5) is 0 Å². The number of hydrogen-bond acceptors (Lipinski definition) is 6. The molecule has 7 heteroatoms. The highest BCUT2D eigenvalue weighted by Crippen LogP contribution is 2.18. The standard InChI is InChI=1S/C17H25NO6/c1-4-23-17(21)8-9-18(11-13(2)19)16(20)12-24-15-7-5-6-14(10-15)22-3/h5-7,10,13,19H,4,8-9,11-12H2,1-3H3. The zero-order valence-corrected chi connectivity index (χ0v) is 14.4. The van der Waals surface area contributed by atoms with Gasteiger partial charge < -0.3 is 24.2 Å². The first-order valence-electron chi connectivity index (χ1n) is 7.84. The number of hydrogen-bond donors (Lipinski definition) is 1. The molecule has 1 aromatic rings. The van der Waals surface area contributed by atoms with Gasteiger partial charge in [-0.05, 0) is 26.0 Å². The maximum atomic E-state index is 12.3. The van der Waals surface area contributed by atoms with Crippen molar-refractivity contribution in [3.8, 4) is 11.5 Å². The summed E-state index contributed by atoms with van der Waals surface area (Å²) in [5.41, 5.74) is 0. The normalized spacial score (nSPS) is 11.5. The van der Waals surface area contributed by atoms with Gasteiger partial charge in [0.1, 0.15) is 11.5 Å². The van der Waals surface area contributed by atoms with Crippen LogP contribution in [-0.4, -0.2) is 61.4 Å². The van der Waals surface area contributed by atoms with Crippen molar-refractivity contribution in [1.82, 2.24) is 4.90 Å². The molecule has 0 fully saturated rings. The number of methoxy groups -OCH3 is 1. The summed E-state index contributed by atoms with van der Waals surface area (Å²) in [6, 6.07) is 6.92. The van der Waals surface area contributed by atoms with E-state index in [0.29, 0.717) is 18.1 Å². The molecule has 0 saturated carbocycles. The van der Waals surface area contributed by atoms with Gasteiger partial charge >= 0.3 is 5.97 Å². The van der Waals surface area contributed by atoms with Gasteiger partial charge in [-0.2, -0.15) is 0 Å². The van der Waals surface area contributed by atoms with Crippen LogP contribution < -0.4 is 9.47 Å². The third-order valence-corrected chi connectivity index (χ3v) is 3.13. The van der Waals surface area contributed by atoms with Crippen LogP contribution in [0.5, 0.6) is 11.5 Å². The molecule has 0 heterocycles. The maximum Gasteiger partial charge on any atom is 0.307 e. The van der Waals surface area contributed by atoms with Crippen LogP contribution in [0.2, 0.25) is 0 Å². The number of amides is 1. The van der Waals surface area contributed by atoms with Gasteiger partial charge in [-0.1, -0.05) is 6.07 Å².